The molecule has 0 atom stereocenters. The maximum atomic E-state index is 10.6. The monoisotopic (exact) mass is 282 g/mol. The van der Waals surface area contributed by atoms with Gasteiger partial charge in [-0.2, -0.15) is 4.98 Å². The van der Waals surface area contributed by atoms with Crippen molar-refractivity contribution >= 4 is 29.2 Å². The van der Waals surface area contributed by atoms with E-state index < -0.39 is 0 Å². The predicted molar refractivity (Wildman–Crippen MR) is 70.6 cm³/mol. The minimum Gasteiger partial charge on any atom is -0.470 e. The second-order valence-electron chi connectivity index (χ2n) is 3.56. The molecule has 0 radical (unpaired) electrons. The van der Waals surface area contributed by atoms with Gasteiger partial charge in [0.15, 0.2) is 11.4 Å². The van der Waals surface area contributed by atoms with Crippen molar-refractivity contribution in [3.05, 3.63) is 40.1 Å². The van der Waals surface area contributed by atoms with Crippen LogP contribution in [0.4, 0.5) is 0 Å². The molecular formula is C12H11ClN2O2S. The van der Waals surface area contributed by atoms with Gasteiger partial charge in [0.25, 0.3) is 5.19 Å². The first-order valence-electron chi connectivity index (χ1n) is 5.43. The van der Waals surface area contributed by atoms with E-state index in [2.05, 4.69) is 9.97 Å². The number of hydrogen-bond donors (Lipinski definition) is 0. The normalized spacial score (nSPS) is 10.3. The smallest absolute Gasteiger partial charge is 0.275 e. The van der Waals surface area contributed by atoms with Crippen LogP contribution in [0.25, 0.3) is 0 Å². The van der Waals surface area contributed by atoms with Crippen LogP contribution in [0, 0.1) is 0 Å². The Morgan fingerprint density at radius 2 is 2.17 bits per heavy atom. The summed E-state index contributed by atoms with van der Waals surface area (Å²) in [5.41, 5.74) is 1.22. The Hall–Kier alpha value is -1.46. The molecule has 0 aliphatic heterocycles. The van der Waals surface area contributed by atoms with Crippen LogP contribution >= 0.6 is 22.9 Å². The number of aromatic nitrogens is 2. The highest BCUT2D eigenvalue weighted by Gasteiger charge is 2.08. The zero-order valence-electron chi connectivity index (χ0n) is 9.51. The molecule has 0 saturated carbocycles. The summed E-state index contributed by atoms with van der Waals surface area (Å²) in [5.74, 6) is 0. The fraction of sp³-hybridized carbons (Fsp3) is 0.250. The van der Waals surface area contributed by atoms with E-state index in [4.69, 9.17) is 16.3 Å². The number of halogens is 1. The van der Waals surface area contributed by atoms with Crippen LogP contribution in [0.1, 0.15) is 21.7 Å². The molecule has 0 spiro atoms. The lowest BCUT2D eigenvalue weighted by Gasteiger charge is -2.02. The van der Waals surface area contributed by atoms with Gasteiger partial charge >= 0.3 is 0 Å². The predicted octanol–water partition coefficient (Wildman–Crippen LogP) is 3.02. The molecule has 0 aliphatic rings. The van der Waals surface area contributed by atoms with E-state index in [1.165, 1.54) is 5.56 Å². The highest BCUT2D eigenvalue weighted by Crippen LogP contribution is 2.27. The van der Waals surface area contributed by atoms with Gasteiger partial charge in [0.05, 0.1) is 6.61 Å². The van der Waals surface area contributed by atoms with Crippen molar-refractivity contribution in [1.82, 2.24) is 9.97 Å². The largest absolute Gasteiger partial charge is 0.470 e. The van der Waals surface area contributed by atoms with Crippen LogP contribution in [-0.4, -0.2) is 22.9 Å². The Balaban J connectivity index is 1.77. The van der Waals surface area contributed by atoms with Crippen molar-refractivity contribution < 1.29 is 9.53 Å². The van der Waals surface area contributed by atoms with E-state index in [-0.39, 0.29) is 5.15 Å². The SMILES string of the molecule is O=Cc1sc(OCCCc2ccncc2)nc1Cl. The number of aryl methyl sites for hydroxylation is 1. The molecule has 2 heterocycles. The van der Waals surface area contributed by atoms with Crippen LogP contribution in [0.15, 0.2) is 24.5 Å². The van der Waals surface area contributed by atoms with Crippen molar-refractivity contribution in [2.45, 2.75) is 12.8 Å². The fourth-order valence-corrected chi connectivity index (χ4v) is 2.35. The molecule has 0 bridgehead atoms. The minimum atomic E-state index is 0.208. The number of rotatable bonds is 6. The molecule has 0 aromatic carbocycles. The fourth-order valence-electron chi connectivity index (χ4n) is 1.41. The van der Waals surface area contributed by atoms with Crippen molar-refractivity contribution in [1.29, 1.82) is 0 Å². The minimum absolute atomic E-state index is 0.208. The summed E-state index contributed by atoms with van der Waals surface area (Å²) in [6.45, 7) is 0.546. The summed E-state index contributed by atoms with van der Waals surface area (Å²) >= 11 is 6.90. The lowest BCUT2D eigenvalue weighted by Crippen LogP contribution is -1.99. The summed E-state index contributed by atoms with van der Waals surface area (Å²) in [6.07, 6.45) is 6.02. The summed E-state index contributed by atoms with van der Waals surface area (Å²) in [5, 5.41) is 0.649. The molecule has 2 aromatic rings. The first-order valence-corrected chi connectivity index (χ1v) is 6.62. The number of pyridine rings is 1. The Bertz CT molecular complexity index is 516. The highest BCUT2D eigenvalue weighted by molar-refractivity contribution is 7.15. The van der Waals surface area contributed by atoms with Gasteiger partial charge in [-0.25, -0.2) is 0 Å². The van der Waals surface area contributed by atoms with E-state index in [0.717, 1.165) is 24.2 Å². The zero-order valence-corrected chi connectivity index (χ0v) is 11.1. The molecule has 94 valence electrons. The Labute approximate surface area is 114 Å². The molecule has 0 unspecified atom stereocenters. The maximum absolute atomic E-state index is 10.6. The third-order valence-corrected chi connectivity index (χ3v) is 3.58. The van der Waals surface area contributed by atoms with Gasteiger partial charge in [-0.15, -0.1) is 0 Å². The zero-order chi connectivity index (χ0) is 12.8. The average Bonchev–Trinajstić information content (AvgIpc) is 2.76. The molecule has 4 nitrogen and oxygen atoms in total. The standard InChI is InChI=1S/C12H11ClN2O2S/c13-11-10(8-16)18-12(15-11)17-7-1-2-9-3-5-14-6-4-9/h3-6,8H,1-2,7H2. The molecule has 0 fully saturated rings. The first-order chi connectivity index (χ1) is 8.79. The molecule has 0 amide bonds. The first kappa shape index (κ1) is 13.0. The number of ether oxygens (including phenoxy) is 1. The van der Waals surface area contributed by atoms with Crippen molar-refractivity contribution in [2.24, 2.45) is 0 Å². The maximum Gasteiger partial charge on any atom is 0.275 e. The number of thiazole rings is 1. The van der Waals surface area contributed by atoms with E-state index in [9.17, 15) is 4.79 Å². The number of aldehydes is 1. The Kier molecular flexibility index (Phi) is 4.66. The van der Waals surface area contributed by atoms with Gasteiger partial charge in [0, 0.05) is 12.4 Å². The van der Waals surface area contributed by atoms with Crippen molar-refractivity contribution in [3.63, 3.8) is 0 Å². The van der Waals surface area contributed by atoms with Gasteiger partial charge in [-0.05, 0) is 30.5 Å². The second kappa shape index (κ2) is 6.47. The Morgan fingerprint density at radius 1 is 1.39 bits per heavy atom. The van der Waals surface area contributed by atoms with Gasteiger partial charge in [0.2, 0.25) is 0 Å². The van der Waals surface area contributed by atoms with Crippen LogP contribution in [0.3, 0.4) is 0 Å². The molecule has 2 aromatic heterocycles. The van der Waals surface area contributed by atoms with E-state index in [1.54, 1.807) is 12.4 Å². The average molecular weight is 283 g/mol. The lowest BCUT2D eigenvalue weighted by atomic mass is 10.1. The summed E-state index contributed by atoms with van der Waals surface area (Å²) in [4.78, 5) is 18.9. The molecule has 0 aliphatic carbocycles. The summed E-state index contributed by atoms with van der Waals surface area (Å²) in [7, 11) is 0. The van der Waals surface area contributed by atoms with Crippen LogP contribution in [0.2, 0.25) is 5.15 Å². The molecule has 0 N–H and O–H groups in total. The molecule has 0 saturated heterocycles. The van der Waals surface area contributed by atoms with Crippen molar-refractivity contribution in [3.8, 4) is 5.19 Å². The molecule has 18 heavy (non-hydrogen) atoms. The van der Waals surface area contributed by atoms with E-state index >= 15 is 0 Å². The topological polar surface area (TPSA) is 52.1 Å². The van der Waals surface area contributed by atoms with Gasteiger partial charge in [-0.1, -0.05) is 22.9 Å². The van der Waals surface area contributed by atoms with Crippen LogP contribution in [0.5, 0.6) is 5.19 Å². The van der Waals surface area contributed by atoms with Crippen LogP contribution < -0.4 is 4.74 Å². The third-order valence-electron chi connectivity index (χ3n) is 2.28. The molecule has 2 rings (SSSR count). The molecular weight excluding hydrogens is 272 g/mol. The molecule has 6 heteroatoms. The summed E-state index contributed by atoms with van der Waals surface area (Å²) < 4.78 is 5.44. The van der Waals surface area contributed by atoms with E-state index in [0.29, 0.717) is 23.0 Å². The van der Waals surface area contributed by atoms with Gasteiger partial charge in [-0.3, -0.25) is 9.78 Å². The number of carbonyl (C=O) groups excluding carboxylic acids is 1. The second-order valence-corrected chi connectivity index (χ2v) is 4.91. The van der Waals surface area contributed by atoms with Gasteiger partial charge in [0.1, 0.15) is 4.88 Å². The van der Waals surface area contributed by atoms with E-state index in [1.807, 2.05) is 12.1 Å². The number of carbonyl (C=O) groups is 1. The van der Waals surface area contributed by atoms with Crippen LogP contribution in [-0.2, 0) is 6.42 Å². The third kappa shape index (κ3) is 3.51. The van der Waals surface area contributed by atoms with Crippen molar-refractivity contribution in [2.75, 3.05) is 6.61 Å². The number of hydrogen-bond acceptors (Lipinski definition) is 5. The Morgan fingerprint density at radius 3 is 2.83 bits per heavy atom. The quantitative estimate of drug-likeness (QED) is 0.604. The lowest BCUT2D eigenvalue weighted by molar-refractivity contribution is 0.112. The summed E-state index contributed by atoms with van der Waals surface area (Å²) in [6, 6.07) is 3.95. The number of nitrogens with zero attached hydrogens (tertiary/aromatic N) is 2. The van der Waals surface area contributed by atoms with Gasteiger partial charge < -0.3 is 4.74 Å². The highest BCUT2D eigenvalue weighted by atomic mass is 35.5.